The molecule has 1 aliphatic heterocycles. The summed E-state index contributed by atoms with van der Waals surface area (Å²) in [5.74, 6) is -0.612. The van der Waals surface area contributed by atoms with Gasteiger partial charge in [0.05, 0.1) is 6.04 Å². The van der Waals surface area contributed by atoms with E-state index in [4.69, 9.17) is 5.11 Å². The van der Waals surface area contributed by atoms with Crippen LogP contribution < -0.4 is 10.6 Å². The normalized spacial score (nSPS) is 18.1. The van der Waals surface area contributed by atoms with Crippen molar-refractivity contribution in [3.63, 3.8) is 0 Å². The van der Waals surface area contributed by atoms with E-state index in [1.54, 1.807) is 4.90 Å². The maximum absolute atomic E-state index is 12.5. The van der Waals surface area contributed by atoms with Gasteiger partial charge in [0, 0.05) is 31.5 Å². The van der Waals surface area contributed by atoms with Crippen molar-refractivity contribution in [1.82, 2.24) is 15.5 Å². The number of carbonyl (C=O) groups is 3. The van der Waals surface area contributed by atoms with E-state index in [0.29, 0.717) is 25.9 Å². The standard InChI is InChI=1S/C20H27N3O4/c24-18(25)10-9-16(11-14-5-2-1-3-6-14)22-20(27)23-12-17(13-23)21-19(26)15-7-4-8-15/h1-3,5-6,15-17H,4,7-13H2,(H,21,26)(H,22,27)(H,24,25). The van der Waals surface area contributed by atoms with Crippen molar-refractivity contribution in [3.05, 3.63) is 35.9 Å². The first-order valence-corrected chi connectivity index (χ1v) is 9.63. The molecule has 2 aliphatic rings. The number of rotatable bonds is 8. The Balaban J connectivity index is 1.45. The molecule has 1 atom stereocenters. The number of nitrogens with zero attached hydrogens (tertiary/aromatic N) is 1. The van der Waals surface area contributed by atoms with Gasteiger partial charge in [-0.2, -0.15) is 0 Å². The van der Waals surface area contributed by atoms with Gasteiger partial charge in [-0.25, -0.2) is 4.79 Å². The molecule has 3 N–H and O–H groups in total. The molecule has 1 aromatic carbocycles. The molecule has 1 saturated heterocycles. The minimum absolute atomic E-state index is 0.0118. The number of likely N-dealkylation sites (tertiary alicyclic amines) is 1. The zero-order valence-electron chi connectivity index (χ0n) is 15.4. The molecule has 146 valence electrons. The molecular weight excluding hydrogens is 346 g/mol. The third kappa shape index (κ3) is 5.45. The lowest BCUT2D eigenvalue weighted by atomic mass is 9.84. The number of carboxylic acids is 1. The van der Waals surface area contributed by atoms with Crippen molar-refractivity contribution in [2.24, 2.45) is 5.92 Å². The number of nitrogens with one attached hydrogen (secondary N) is 2. The minimum atomic E-state index is -0.870. The summed E-state index contributed by atoms with van der Waals surface area (Å²) in [6.45, 7) is 1.00. The van der Waals surface area contributed by atoms with Crippen LogP contribution in [0, 0.1) is 5.92 Å². The van der Waals surface area contributed by atoms with Crippen molar-refractivity contribution in [2.45, 2.75) is 50.6 Å². The molecule has 0 bridgehead atoms. The molecule has 3 amide bonds. The van der Waals surface area contributed by atoms with Gasteiger partial charge in [-0.3, -0.25) is 9.59 Å². The maximum atomic E-state index is 12.5. The van der Waals surface area contributed by atoms with Gasteiger partial charge in [-0.15, -0.1) is 0 Å². The maximum Gasteiger partial charge on any atom is 0.317 e. The van der Waals surface area contributed by atoms with Gasteiger partial charge in [0.1, 0.15) is 0 Å². The van der Waals surface area contributed by atoms with Crippen LogP contribution in [0.25, 0.3) is 0 Å². The molecule has 0 aromatic heterocycles. The van der Waals surface area contributed by atoms with E-state index >= 15 is 0 Å². The lowest BCUT2D eigenvalue weighted by molar-refractivity contribution is -0.137. The second-order valence-electron chi connectivity index (χ2n) is 7.51. The quantitative estimate of drug-likeness (QED) is 0.647. The molecule has 7 nitrogen and oxygen atoms in total. The van der Waals surface area contributed by atoms with Gasteiger partial charge >= 0.3 is 12.0 Å². The highest BCUT2D eigenvalue weighted by molar-refractivity contribution is 5.81. The van der Waals surface area contributed by atoms with Gasteiger partial charge in [0.15, 0.2) is 0 Å². The Morgan fingerprint density at radius 2 is 1.85 bits per heavy atom. The second-order valence-corrected chi connectivity index (χ2v) is 7.51. The van der Waals surface area contributed by atoms with E-state index < -0.39 is 5.97 Å². The van der Waals surface area contributed by atoms with Gasteiger partial charge in [-0.05, 0) is 31.2 Å². The number of hydrogen-bond donors (Lipinski definition) is 3. The summed E-state index contributed by atoms with van der Waals surface area (Å²) in [5, 5.41) is 14.9. The molecule has 3 rings (SSSR count). The zero-order valence-corrected chi connectivity index (χ0v) is 15.4. The number of hydrogen-bond acceptors (Lipinski definition) is 3. The fourth-order valence-electron chi connectivity index (χ4n) is 3.41. The van der Waals surface area contributed by atoms with Crippen molar-refractivity contribution in [2.75, 3.05) is 13.1 Å². The average Bonchev–Trinajstić information content (AvgIpc) is 2.54. The number of carboxylic acid groups (broad SMARTS) is 1. The summed E-state index contributed by atoms with van der Waals surface area (Å²) in [5.41, 5.74) is 1.06. The Bertz CT molecular complexity index is 669. The predicted molar refractivity (Wildman–Crippen MR) is 100 cm³/mol. The minimum Gasteiger partial charge on any atom is -0.481 e. The molecule has 2 fully saturated rings. The van der Waals surface area contributed by atoms with Crippen molar-refractivity contribution in [3.8, 4) is 0 Å². The molecule has 1 saturated carbocycles. The Morgan fingerprint density at radius 1 is 1.15 bits per heavy atom. The lowest BCUT2D eigenvalue weighted by Crippen LogP contribution is -2.64. The van der Waals surface area contributed by atoms with Gasteiger partial charge in [0.25, 0.3) is 0 Å². The number of urea groups is 1. The Morgan fingerprint density at radius 3 is 2.44 bits per heavy atom. The Hall–Kier alpha value is -2.57. The topological polar surface area (TPSA) is 98.7 Å². The molecule has 7 heteroatoms. The summed E-state index contributed by atoms with van der Waals surface area (Å²) in [6.07, 6.45) is 4.04. The van der Waals surface area contributed by atoms with Crippen LogP contribution in [-0.4, -0.2) is 53.1 Å². The molecule has 1 unspecified atom stereocenters. The third-order valence-electron chi connectivity index (χ3n) is 5.35. The lowest BCUT2D eigenvalue weighted by Gasteiger charge is -2.41. The summed E-state index contributed by atoms with van der Waals surface area (Å²) in [7, 11) is 0. The fraction of sp³-hybridized carbons (Fsp3) is 0.550. The van der Waals surface area contributed by atoms with Crippen LogP contribution in [0.3, 0.4) is 0 Å². The van der Waals surface area contributed by atoms with Crippen LogP contribution >= 0.6 is 0 Å². The van der Waals surface area contributed by atoms with Crippen molar-refractivity contribution in [1.29, 1.82) is 0 Å². The molecule has 0 spiro atoms. The van der Waals surface area contributed by atoms with Crippen molar-refractivity contribution < 1.29 is 19.5 Å². The van der Waals surface area contributed by atoms with E-state index in [0.717, 1.165) is 24.8 Å². The fourth-order valence-corrected chi connectivity index (χ4v) is 3.41. The number of amides is 3. The summed E-state index contributed by atoms with van der Waals surface area (Å²) in [4.78, 5) is 37.0. The second kappa shape index (κ2) is 8.88. The highest BCUT2D eigenvalue weighted by atomic mass is 16.4. The number of aliphatic carboxylic acids is 1. The predicted octanol–water partition coefficient (Wildman–Crippen LogP) is 1.77. The highest BCUT2D eigenvalue weighted by Gasteiger charge is 2.35. The van der Waals surface area contributed by atoms with E-state index in [-0.39, 0.29) is 36.4 Å². The Kier molecular flexibility index (Phi) is 6.32. The van der Waals surface area contributed by atoms with Crippen LogP contribution in [0.4, 0.5) is 4.79 Å². The van der Waals surface area contributed by atoms with E-state index in [1.165, 1.54) is 0 Å². The Labute approximate surface area is 159 Å². The van der Waals surface area contributed by atoms with Crippen LogP contribution in [0.15, 0.2) is 30.3 Å². The third-order valence-corrected chi connectivity index (χ3v) is 5.35. The molecule has 1 aromatic rings. The first-order chi connectivity index (χ1) is 13.0. The summed E-state index contributed by atoms with van der Waals surface area (Å²) in [6, 6.07) is 9.30. The summed E-state index contributed by atoms with van der Waals surface area (Å²) < 4.78 is 0. The average molecular weight is 373 g/mol. The molecule has 27 heavy (non-hydrogen) atoms. The SMILES string of the molecule is O=C(O)CCC(Cc1ccccc1)NC(=O)N1CC(NC(=O)C2CCC2)C1. The van der Waals surface area contributed by atoms with E-state index in [9.17, 15) is 14.4 Å². The molecular formula is C20H27N3O4. The molecule has 1 heterocycles. The molecule has 0 radical (unpaired) electrons. The molecule has 1 aliphatic carbocycles. The first kappa shape index (κ1) is 19.2. The highest BCUT2D eigenvalue weighted by Crippen LogP contribution is 2.26. The van der Waals surface area contributed by atoms with Gasteiger partial charge in [0.2, 0.25) is 5.91 Å². The summed E-state index contributed by atoms with van der Waals surface area (Å²) >= 11 is 0. The first-order valence-electron chi connectivity index (χ1n) is 9.63. The number of benzene rings is 1. The van der Waals surface area contributed by atoms with Crippen LogP contribution in [0.2, 0.25) is 0 Å². The van der Waals surface area contributed by atoms with Crippen molar-refractivity contribution >= 4 is 17.9 Å². The van der Waals surface area contributed by atoms with Crippen LogP contribution in [-0.2, 0) is 16.0 Å². The monoisotopic (exact) mass is 373 g/mol. The van der Waals surface area contributed by atoms with Crippen LogP contribution in [0.1, 0.15) is 37.7 Å². The van der Waals surface area contributed by atoms with Gasteiger partial charge in [-0.1, -0.05) is 36.8 Å². The van der Waals surface area contributed by atoms with Crippen LogP contribution in [0.5, 0.6) is 0 Å². The number of carbonyl (C=O) groups excluding carboxylic acids is 2. The van der Waals surface area contributed by atoms with E-state index in [2.05, 4.69) is 10.6 Å². The largest absolute Gasteiger partial charge is 0.481 e. The van der Waals surface area contributed by atoms with E-state index in [1.807, 2.05) is 30.3 Å². The van der Waals surface area contributed by atoms with Gasteiger partial charge < -0.3 is 20.6 Å². The zero-order chi connectivity index (χ0) is 19.2. The smallest absolute Gasteiger partial charge is 0.317 e.